The second kappa shape index (κ2) is 5.15. The van der Waals surface area contributed by atoms with E-state index in [0.717, 1.165) is 17.9 Å². The molecule has 0 spiro atoms. The maximum Gasteiger partial charge on any atom is 0.309 e. The maximum atomic E-state index is 10.7. The van der Waals surface area contributed by atoms with Gasteiger partial charge in [0.2, 0.25) is 0 Å². The predicted molar refractivity (Wildman–Crippen MR) is 79.3 cm³/mol. The van der Waals surface area contributed by atoms with Gasteiger partial charge in [-0.3, -0.25) is 4.79 Å². The van der Waals surface area contributed by atoms with Gasteiger partial charge in [-0.1, -0.05) is 0 Å². The van der Waals surface area contributed by atoms with Crippen molar-refractivity contribution in [2.45, 2.75) is 39.7 Å². The summed E-state index contributed by atoms with van der Waals surface area (Å²) in [5, 5.41) is 8.82. The molecule has 0 aliphatic carbocycles. The topological polar surface area (TPSA) is 57.8 Å². The van der Waals surface area contributed by atoms with Gasteiger partial charge in [0.1, 0.15) is 5.65 Å². The van der Waals surface area contributed by atoms with Crippen LogP contribution in [0.25, 0.3) is 5.65 Å². The minimum atomic E-state index is -0.862. The van der Waals surface area contributed by atoms with Crippen LogP contribution in [0.5, 0.6) is 0 Å². The van der Waals surface area contributed by atoms with Crippen LogP contribution in [0.15, 0.2) is 24.5 Å². The molecule has 20 heavy (non-hydrogen) atoms. The second-order valence-electron chi connectivity index (χ2n) is 5.87. The van der Waals surface area contributed by atoms with Crippen LogP contribution in [0, 0.1) is 0 Å². The van der Waals surface area contributed by atoms with Crippen LogP contribution in [0.4, 0.5) is 5.69 Å². The second-order valence-corrected chi connectivity index (χ2v) is 5.87. The van der Waals surface area contributed by atoms with Crippen molar-refractivity contribution < 1.29 is 9.90 Å². The molecule has 0 aliphatic rings. The monoisotopic (exact) mass is 275 g/mol. The minimum absolute atomic E-state index is 0.0346. The van der Waals surface area contributed by atoms with E-state index >= 15 is 0 Å². The molecule has 0 radical (unpaired) electrons. The van der Waals surface area contributed by atoms with Crippen molar-refractivity contribution in [3.05, 3.63) is 30.2 Å². The van der Waals surface area contributed by atoms with Crippen molar-refractivity contribution in [2.24, 2.45) is 0 Å². The number of rotatable bonds is 4. The first kappa shape index (κ1) is 14.4. The molecular weight excluding hydrogens is 254 g/mol. The molecule has 0 unspecified atom stereocenters. The SMILES string of the molecule is CCN(c1ccc2nc(CC(=O)O)cn2c1)C(C)(C)C. The van der Waals surface area contributed by atoms with Crippen LogP contribution in [0.1, 0.15) is 33.4 Å². The Bertz CT molecular complexity index is 626. The molecule has 2 heterocycles. The third-order valence-electron chi connectivity index (χ3n) is 3.26. The molecule has 2 rings (SSSR count). The Kier molecular flexibility index (Phi) is 3.70. The molecule has 0 saturated carbocycles. The maximum absolute atomic E-state index is 10.7. The summed E-state index contributed by atoms with van der Waals surface area (Å²) >= 11 is 0. The summed E-state index contributed by atoms with van der Waals surface area (Å²) in [6, 6.07) is 3.96. The van der Waals surface area contributed by atoms with Crippen LogP contribution in [0.2, 0.25) is 0 Å². The number of carboxylic acids is 1. The minimum Gasteiger partial charge on any atom is -0.481 e. The fraction of sp³-hybridized carbons (Fsp3) is 0.467. The Hall–Kier alpha value is -2.04. The fourth-order valence-corrected chi connectivity index (χ4v) is 2.48. The number of hydrogen-bond donors (Lipinski definition) is 1. The fourth-order valence-electron chi connectivity index (χ4n) is 2.48. The Morgan fingerprint density at radius 2 is 2.05 bits per heavy atom. The standard InChI is InChI=1S/C15H21N3O2/c1-5-18(15(2,3)4)12-6-7-13-16-11(8-14(19)20)9-17(13)10-12/h6-7,9-10H,5,8H2,1-4H3,(H,19,20). The van der Waals surface area contributed by atoms with E-state index in [1.54, 1.807) is 6.20 Å². The van der Waals surface area contributed by atoms with E-state index < -0.39 is 5.97 Å². The largest absolute Gasteiger partial charge is 0.481 e. The molecule has 108 valence electrons. The van der Waals surface area contributed by atoms with Gasteiger partial charge in [0.25, 0.3) is 0 Å². The number of hydrogen-bond acceptors (Lipinski definition) is 3. The number of fused-ring (bicyclic) bond motifs is 1. The molecule has 1 N–H and O–H groups in total. The molecule has 5 nitrogen and oxygen atoms in total. The van der Waals surface area contributed by atoms with Gasteiger partial charge in [-0.05, 0) is 39.8 Å². The Balaban J connectivity index is 2.40. The number of pyridine rings is 1. The summed E-state index contributed by atoms with van der Waals surface area (Å²) in [6.07, 6.45) is 3.74. The Labute approximate surface area is 118 Å². The molecule has 0 atom stereocenters. The highest BCUT2D eigenvalue weighted by molar-refractivity contribution is 5.70. The zero-order valence-electron chi connectivity index (χ0n) is 12.4. The molecule has 0 amide bonds. The first-order valence-corrected chi connectivity index (χ1v) is 6.78. The van der Waals surface area contributed by atoms with Crippen LogP contribution < -0.4 is 4.90 Å². The van der Waals surface area contributed by atoms with Gasteiger partial charge in [0.15, 0.2) is 0 Å². The predicted octanol–water partition coefficient (Wildman–Crippen LogP) is 2.59. The molecule has 2 aromatic heterocycles. The first-order chi connectivity index (χ1) is 9.31. The summed E-state index contributed by atoms with van der Waals surface area (Å²) < 4.78 is 1.89. The van der Waals surface area contributed by atoms with Crippen molar-refractivity contribution in [2.75, 3.05) is 11.4 Å². The normalized spacial score (nSPS) is 11.8. The van der Waals surface area contributed by atoms with E-state index in [2.05, 4.69) is 37.6 Å². The van der Waals surface area contributed by atoms with E-state index in [-0.39, 0.29) is 12.0 Å². The lowest BCUT2D eigenvalue weighted by molar-refractivity contribution is -0.136. The number of imidazole rings is 1. The first-order valence-electron chi connectivity index (χ1n) is 6.78. The lowest BCUT2D eigenvalue weighted by atomic mass is 10.1. The highest BCUT2D eigenvalue weighted by Crippen LogP contribution is 2.24. The molecule has 0 aliphatic heterocycles. The average Bonchev–Trinajstić information content (AvgIpc) is 2.68. The molecule has 0 aromatic carbocycles. The Morgan fingerprint density at radius 1 is 1.35 bits per heavy atom. The number of nitrogens with zero attached hydrogens (tertiary/aromatic N) is 3. The molecular formula is C15H21N3O2. The van der Waals surface area contributed by atoms with Crippen molar-refractivity contribution in [3.8, 4) is 0 Å². The van der Waals surface area contributed by atoms with Crippen LogP contribution in [-0.4, -0.2) is 32.5 Å². The van der Waals surface area contributed by atoms with E-state index in [0.29, 0.717) is 5.69 Å². The number of aromatic nitrogens is 2. The Morgan fingerprint density at radius 3 is 2.60 bits per heavy atom. The number of anilines is 1. The zero-order valence-corrected chi connectivity index (χ0v) is 12.4. The van der Waals surface area contributed by atoms with Crippen LogP contribution in [-0.2, 0) is 11.2 Å². The number of carboxylic acid groups (broad SMARTS) is 1. The van der Waals surface area contributed by atoms with Crippen LogP contribution >= 0.6 is 0 Å². The van der Waals surface area contributed by atoms with Gasteiger partial charge in [0, 0.05) is 24.5 Å². The van der Waals surface area contributed by atoms with Gasteiger partial charge in [0.05, 0.1) is 17.8 Å². The molecule has 0 fully saturated rings. The summed E-state index contributed by atoms with van der Waals surface area (Å²) in [7, 11) is 0. The van der Waals surface area contributed by atoms with Crippen molar-refractivity contribution in [1.29, 1.82) is 0 Å². The van der Waals surface area contributed by atoms with Gasteiger partial charge < -0.3 is 14.4 Å². The molecule has 2 aromatic rings. The third-order valence-corrected chi connectivity index (χ3v) is 3.26. The summed E-state index contributed by atoms with van der Waals surface area (Å²) in [5.74, 6) is -0.862. The van der Waals surface area contributed by atoms with Crippen LogP contribution in [0.3, 0.4) is 0 Å². The molecule has 0 bridgehead atoms. The lowest BCUT2D eigenvalue weighted by Gasteiger charge is -2.36. The van der Waals surface area contributed by atoms with Gasteiger partial charge in [-0.15, -0.1) is 0 Å². The van der Waals surface area contributed by atoms with E-state index in [4.69, 9.17) is 5.11 Å². The summed E-state index contributed by atoms with van der Waals surface area (Å²) in [5.41, 5.74) is 2.49. The van der Waals surface area contributed by atoms with E-state index in [9.17, 15) is 4.79 Å². The number of aliphatic carboxylic acids is 1. The van der Waals surface area contributed by atoms with Gasteiger partial charge >= 0.3 is 5.97 Å². The van der Waals surface area contributed by atoms with E-state index in [1.165, 1.54) is 0 Å². The van der Waals surface area contributed by atoms with Crippen molar-refractivity contribution in [3.63, 3.8) is 0 Å². The highest BCUT2D eigenvalue weighted by atomic mass is 16.4. The van der Waals surface area contributed by atoms with Gasteiger partial charge in [-0.2, -0.15) is 0 Å². The lowest BCUT2D eigenvalue weighted by Crippen LogP contribution is -2.41. The summed E-state index contributed by atoms with van der Waals surface area (Å²) in [6.45, 7) is 9.55. The highest BCUT2D eigenvalue weighted by Gasteiger charge is 2.20. The van der Waals surface area contributed by atoms with Crippen molar-refractivity contribution >= 4 is 17.3 Å². The summed E-state index contributed by atoms with van der Waals surface area (Å²) in [4.78, 5) is 17.3. The van der Waals surface area contributed by atoms with E-state index in [1.807, 2.05) is 22.7 Å². The quantitative estimate of drug-likeness (QED) is 0.931. The van der Waals surface area contributed by atoms with Crippen molar-refractivity contribution in [1.82, 2.24) is 9.38 Å². The molecule has 0 saturated heterocycles. The number of carbonyl (C=O) groups is 1. The smallest absolute Gasteiger partial charge is 0.309 e. The molecule has 5 heteroatoms. The zero-order chi connectivity index (χ0) is 14.9. The van der Waals surface area contributed by atoms with Gasteiger partial charge in [-0.25, -0.2) is 4.98 Å². The average molecular weight is 275 g/mol. The third kappa shape index (κ3) is 2.92.